The molecule has 1 spiro atoms. The lowest BCUT2D eigenvalue weighted by atomic mass is 9.75. The zero-order valence-corrected chi connectivity index (χ0v) is 12.6. The molecule has 1 saturated carbocycles. The number of rotatable bonds is 4. The lowest BCUT2D eigenvalue weighted by Gasteiger charge is -2.51. The van der Waals surface area contributed by atoms with Gasteiger partial charge in [0.25, 0.3) is 0 Å². The van der Waals surface area contributed by atoms with Crippen LogP contribution in [0.25, 0.3) is 0 Å². The summed E-state index contributed by atoms with van der Waals surface area (Å²) in [6, 6.07) is 0. The van der Waals surface area contributed by atoms with Crippen LogP contribution in [0.5, 0.6) is 0 Å². The van der Waals surface area contributed by atoms with Gasteiger partial charge in [0.05, 0.1) is 11.2 Å². The van der Waals surface area contributed by atoms with Gasteiger partial charge >= 0.3 is 0 Å². The van der Waals surface area contributed by atoms with E-state index in [0.29, 0.717) is 0 Å². The Morgan fingerprint density at radius 2 is 1.72 bits per heavy atom. The van der Waals surface area contributed by atoms with E-state index in [0.717, 1.165) is 31.8 Å². The number of nitrogens with one attached hydrogen (secondary N) is 1. The molecule has 18 heavy (non-hydrogen) atoms. The molecule has 106 valence electrons. The highest BCUT2D eigenvalue weighted by Gasteiger charge is 2.45. The highest BCUT2D eigenvalue weighted by molar-refractivity contribution is 4.98. The van der Waals surface area contributed by atoms with Gasteiger partial charge in [-0.1, -0.05) is 33.6 Å². The van der Waals surface area contributed by atoms with E-state index >= 15 is 0 Å². The minimum absolute atomic E-state index is 0.107. The van der Waals surface area contributed by atoms with Crippen LogP contribution in [0.3, 0.4) is 0 Å². The lowest BCUT2D eigenvalue weighted by Crippen LogP contribution is -2.61. The molecule has 2 heteroatoms. The van der Waals surface area contributed by atoms with Crippen molar-refractivity contribution in [1.29, 1.82) is 0 Å². The zero-order chi connectivity index (χ0) is 13.1. The van der Waals surface area contributed by atoms with Crippen LogP contribution in [0.15, 0.2) is 0 Å². The third-order valence-corrected chi connectivity index (χ3v) is 5.33. The fraction of sp³-hybridized carbons (Fsp3) is 1.00. The van der Waals surface area contributed by atoms with Crippen molar-refractivity contribution >= 4 is 0 Å². The molecule has 2 aliphatic rings. The van der Waals surface area contributed by atoms with Gasteiger partial charge in [-0.05, 0) is 44.4 Å². The second kappa shape index (κ2) is 5.92. The van der Waals surface area contributed by atoms with Gasteiger partial charge < -0.3 is 10.1 Å². The van der Waals surface area contributed by atoms with Gasteiger partial charge in [0.15, 0.2) is 0 Å². The average Bonchev–Trinajstić information content (AvgIpc) is 2.42. The highest BCUT2D eigenvalue weighted by Crippen LogP contribution is 2.42. The zero-order valence-electron chi connectivity index (χ0n) is 12.6. The van der Waals surface area contributed by atoms with E-state index in [-0.39, 0.29) is 11.2 Å². The topological polar surface area (TPSA) is 21.3 Å². The molecule has 2 rings (SSSR count). The summed E-state index contributed by atoms with van der Waals surface area (Å²) in [5.74, 6) is 0.962. The molecule has 0 atom stereocenters. The normalized spacial score (nSPS) is 35.8. The number of hydrogen-bond acceptors (Lipinski definition) is 2. The first-order valence-electron chi connectivity index (χ1n) is 8.08. The third kappa shape index (κ3) is 2.91. The van der Waals surface area contributed by atoms with Gasteiger partial charge in [-0.25, -0.2) is 0 Å². The maximum Gasteiger partial charge on any atom is 0.0814 e. The molecular formula is C16H31NO. The number of ether oxygens (including phenoxy) is 1. The first-order chi connectivity index (χ1) is 8.67. The summed E-state index contributed by atoms with van der Waals surface area (Å²) < 4.78 is 6.66. The summed E-state index contributed by atoms with van der Waals surface area (Å²) >= 11 is 0. The molecule has 0 aromatic carbocycles. The number of hydrogen-bond donors (Lipinski definition) is 1. The summed E-state index contributed by atoms with van der Waals surface area (Å²) in [4.78, 5) is 0. The fourth-order valence-corrected chi connectivity index (χ4v) is 3.87. The molecule has 0 amide bonds. The van der Waals surface area contributed by atoms with Crippen molar-refractivity contribution in [2.75, 3.05) is 13.1 Å². The molecule has 1 aliphatic carbocycles. The average molecular weight is 253 g/mol. The van der Waals surface area contributed by atoms with E-state index in [4.69, 9.17) is 4.74 Å². The van der Waals surface area contributed by atoms with Crippen LogP contribution in [0.1, 0.15) is 72.1 Å². The largest absolute Gasteiger partial charge is 0.366 e. The lowest BCUT2D eigenvalue weighted by molar-refractivity contribution is -0.197. The van der Waals surface area contributed by atoms with Crippen molar-refractivity contribution in [3.8, 4) is 0 Å². The summed E-state index contributed by atoms with van der Waals surface area (Å²) in [5, 5.41) is 3.66. The van der Waals surface area contributed by atoms with E-state index < -0.39 is 0 Å². The Balaban J connectivity index is 1.96. The van der Waals surface area contributed by atoms with Crippen molar-refractivity contribution < 1.29 is 4.74 Å². The molecular weight excluding hydrogens is 222 g/mol. The van der Waals surface area contributed by atoms with Crippen molar-refractivity contribution in [3.63, 3.8) is 0 Å². The maximum atomic E-state index is 6.66. The first-order valence-corrected chi connectivity index (χ1v) is 8.08. The molecule has 0 aromatic heterocycles. The Bertz CT molecular complexity index is 252. The predicted octanol–water partition coefficient (Wildman–Crippen LogP) is 3.89. The van der Waals surface area contributed by atoms with Crippen LogP contribution in [-0.2, 0) is 4.74 Å². The molecule has 2 fully saturated rings. The summed E-state index contributed by atoms with van der Waals surface area (Å²) in [7, 11) is 0. The van der Waals surface area contributed by atoms with Crippen LogP contribution in [0, 0.1) is 5.92 Å². The molecule has 0 bridgehead atoms. The van der Waals surface area contributed by atoms with E-state index in [1.54, 1.807) is 0 Å². The van der Waals surface area contributed by atoms with E-state index in [9.17, 15) is 0 Å². The molecule has 1 heterocycles. The van der Waals surface area contributed by atoms with Crippen molar-refractivity contribution in [3.05, 3.63) is 0 Å². The van der Waals surface area contributed by atoms with Crippen LogP contribution < -0.4 is 5.32 Å². The minimum Gasteiger partial charge on any atom is -0.366 e. The molecule has 0 aromatic rings. The van der Waals surface area contributed by atoms with Crippen molar-refractivity contribution in [2.24, 2.45) is 5.92 Å². The van der Waals surface area contributed by atoms with E-state index in [1.807, 2.05) is 0 Å². The first kappa shape index (κ1) is 14.3. The van der Waals surface area contributed by atoms with Gasteiger partial charge in [0.1, 0.15) is 0 Å². The van der Waals surface area contributed by atoms with Gasteiger partial charge in [-0.2, -0.15) is 0 Å². The van der Waals surface area contributed by atoms with Gasteiger partial charge in [0, 0.05) is 13.1 Å². The molecule has 0 radical (unpaired) electrons. The highest BCUT2D eigenvalue weighted by atomic mass is 16.5. The molecule has 1 aliphatic heterocycles. The molecule has 2 nitrogen and oxygen atoms in total. The van der Waals surface area contributed by atoms with Crippen molar-refractivity contribution in [1.82, 2.24) is 5.32 Å². The Kier molecular flexibility index (Phi) is 4.71. The Hall–Kier alpha value is -0.0800. The molecule has 1 N–H and O–H groups in total. The van der Waals surface area contributed by atoms with E-state index in [2.05, 4.69) is 26.1 Å². The van der Waals surface area contributed by atoms with Crippen LogP contribution >= 0.6 is 0 Å². The SMILES string of the molecule is CCCC1CCC2(CC1)CNCC(CC)(CC)O2. The van der Waals surface area contributed by atoms with Crippen LogP contribution in [0.4, 0.5) is 0 Å². The van der Waals surface area contributed by atoms with Gasteiger partial charge in [-0.3, -0.25) is 0 Å². The van der Waals surface area contributed by atoms with Gasteiger partial charge in [0.2, 0.25) is 0 Å². The molecule has 0 unspecified atom stereocenters. The monoisotopic (exact) mass is 253 g/mol. The number of morpholine rings is 1. The third-order valence-electron chi connectivity index (χ3n) is 5.33. The standard InChI is InChI=1S/C16H31NO/c1-4-7-14-8-10-16(11-9-14)13-17-12-15(5-2,6-3)18-16/h14,17H,4-13H2,1-3H3. The Morgan fingerprint density at radius 1 is 1.06 bits per heavy atom. The minimum atomic E-state index is 0.107. The molecule has 1 saturated heterocycles. The smallest absolute Gasteiger partial charge is 0.0814 e. The van der Waals surface area contributed by atoms with E-state index in [1.165, 1.54) is 38.5 Å². The predicted molar refractivity (Wildman–Crippen MR) is 76.9 cm³/mol. The second-order valence-electron chi connectivity index (χ2n) is 6.51. The Labute approximate surface area is 113 Å². The summed E-state index contributed by atoms with van der Waals surface area (Å²) in [5.41, 5.74) is 0.268. The summed E-state index contributed by atoms with van der Waals surface area (Å²) in [6.45, 7) is 8.97. The second-order valence-corrected chi connectivity index (χ2v) is 6.51. The van der Waals surface area contributed by atoms with Gasteiger partial charge in [-0.15, -0.1) is 0 Å². The quantitative estimate of drug-likeness (QED) is 0.820. The maximum absolute atomic E-state index is 6.66. The van der Waals surface area contributed by atoms with Crippen LogP contribution in [0.2, 0.25) is 0 Å². The van der Waals surface area contributed by atoms with Crippen LogP contribution in [-0.4, -0.2) is 24.3 Å². The fourth-order valence-electron chi connectivity index (χ4n) is 3.87. The Morgan fingerprint density at radius 3 is 2.28 bits per heavy atom. The summed E-state index contributed by atoms with van der Waals surface area (Å²) in [6.07, 6.45) is 10.3. The van der Waals surface area contributed by atoms with Crippen molar-refractivity contribution in [2.45, 2.75) is 83.3 Å².